The molecule has 0 bridgehead atoms. The van der Waals surface area contributed by atoms with Gasteiger partial charge in [0.15, 0.2) is 0 Å². The van der Waals surface area contributed by atoms with E-state index in [0.29, 0.717) is 11.8 Å². The summed E-state index contributed by atoms with van der Waals surface area (Å²) in [4.78, 5) is 15.9. The van der Waals surface area contributed by atoms with Crippen LogP contribution in [0.4, 0.5) is 0 Å². The molecule has 0 aromatic heterocycles. The SMILES string of the molecule is CSc1ccc(C)c(C(=O)N2CC3CCC(N)C3C2)c1.Cl. The van der Waals surface area contributed by atoms with E-state index in [1.54, 1.807) is 11.8 Å². The molecule has 1 saturated heterocycles. The van der Waals surface area contributed by atoms with Crippen LogP contribution in [0.5, 0.6) is 0 Å². The summed E-state index contributed by atoms with van der Waals surface area (Å²) >= 11 is 1.68. The Labute approximate surface area is 137 Å². The van der Waals surface area contributed by atoms with Crippen LogP contribution in [0.3, 0.4) is 0 Å². The van der Waals surface area contributed by atoms with Crippen LogP contribution in [-0.2, 0) is 0 Å². The third kappa shape index (κ3) is 3.08. The molecule has 1 aliphatic carbocycles. The maximum atomic E-state index is 12.7. The van der Waals surface area contributed by atoms with Gasteiger partial charge in [-0.25, -0.2) is 0 Å². The van der Waals surface area contributed by atoms with Gasteiger partial charge in [-0.2, -0.15) is 0 Å². The van der Waals surface area contributed by atoms with Crippen molar-refractivity contribution in [2.45, 2.75) is 30.7 Å². The van der Waals surface area contributed by atoms with Crippen molar-refractivity contribution in [1.29, 1.82) is 0 Å². The summed E-state index contributed by atoms with van der Waals surface area (Å²) in [5.74, 6) is 1.32. The van der Waals surface area contributed by atoms with Crippen LogP contribution in [0.25, 0.3) is 0 Å². The van der Waals surface area contributed by atoms with Gasteiger partial charge in [-0.15, -0.1) is 24.2 Å². The third-order valence-electron chi connectivity index (χ3n) is 4.87. The van der Waals surface area contributed by atoms with Gasteiger partial charge in [-0.1, -0.05) is 6.07 Å². The molecule has 3 rings (SSSR count). The third-order valence-corrected chi connectivity index (χ3v) is 5.60. The Bertz CT molecular complexity index is 537. The fraction of sp³-hybridized carbons (Fsp3) is 0.562. The minimum atomic E-state index is 0. The van der Waals surface area contributed by atoms with E-state index in [0.717, 1.165) is 35.5 Å². The second-order valence-electron chi connectivity index (χ2n) is 6.06. The van der Waals surface area contributed by atoms with Crippen LogP contribution in [0.2, 0.25) is 0 Å². The minimum Gasteiger partial charge on any atom is -0.338 e. The van der Waals surface area contributed by atoms with Gasteiger partial charge in [0.05, 0.1) is 0 Å². The Morgan fingerprint density at radius 2 is 2.10 bits per heavy atom. The number of thioether (sulfide) groups is 1. The summed E-state index contributed by atoms with van der Waals surface area (Å²) in [6.45, 7) is 3.74. The Morgan fingerprint density at radius 3 is 2.76 bits per heavy atom. The number of nitrogens with two attached hydrogens (primary N) is 1. The Balaban J connectivity index is 0.00000161. The molecule has 1 saturated carbocycles. The molecular weight excluding hydrogens is 304 g/mol. The van der Waals surface area contributed by atoms with E-state index in [1.165, 1.54) is 6.42 Å². The standard InChI is InChI=1S/C16H22N2OS.ClH/c1-10-3-5-12(20-2)7-13(10)16(19)18-8-11-4-6-15(17)14(11)9-18;/h3,5,7,11,14-15H,4,6,8-9,17H2,1-2H3;1H. The quantitative estimate of drug-likeness (QED) is 0.850. The van der Waals surface area contributed by atoms with Crippen LogP contribution in [0, 0.1) is 18.8 Å². The summed E-state index contributed by atoms with van der Waals surface area (Å²) in [5, 5.41) is 0. The first kappa shape index (κ1) is 16.7. The largest absolute Gasteiger partial charge is 0.338 e. The highest BCUT2D eigenvalue weighted by molar-refractivity contribution is 7.98. The van der Waals surface area contributed by atoms with Crippen molar-refractivity contribution in [1.82, 2.24) is 4.90 Å². The molecule has 1 aromatic rings. The van der Waals surface area contributed by atoms with Crippen molar-refractivity contribution in [3.63, 3.8) is 0 Å². The normalized spacial score (nSPS) is 27.4. The van der Waals surface area contributed by atoms with Crippen LogP contribution in [0.1, 0.15) is 28.8 Å². The lowest BCUT2D eigenvalue weighted by atomic mass is 9.98. The highest BCUT2D eigenvalue weighted by atomic mass is 35.5. The predicted molar refractivity (Wildman–Crippen MR) is 90.3 cm³/mol. The van der Waals surface area contributed by atoms with Gasteiger partial charge in [0.1, 0.15) is 0 Å². The van der Waals surface area contributed by atoms with Crippen molar-refractivity contribution < 1.29 is 4.79 Å². The second kappa shape index (κ2) is 6.59. The fourth-order valence-corrected chi connectivity index (χ4v) is 4.04. The zero-order valence-corrected chi connectivity index (χ0v) is 14.2. The molecule has 1 aromatic carbocycles. The molecule has 5 heteroatoms. The monoisotopic (exact) mass is 326 g/mol. The molecule has 2 fully saturated rings. The number of rotatable bonds is 2. The average Bonchev–Trinajstić information content (AvgIpc) is 3.01. The van der Waals surface area contributed by atoms with E-state index in [1.807, 2.05) is 30.2 Å². The number of carbonyl (C=O) groups excluding carboxylic acids is 1. The Morgan fingerprint density at radius 1 is 1.33 bits per heavy atom. The molecule has 3 unspecified atom stereocenters. The Kier molecular flexibility index (Phi) is 5.23. The predicted octanol–water partition coefficient (Wildman–Crippen LogP) is 2.95. The Hall–Kier alpha value is -0.710. The molecule has 1 aliphatic heterocycles. The second-order valence-corrected chi connectivity index (χ2v) is 6.94. The van der Waals surface area contributed by atoms with Crippen LogP contribution < -0.4 is 5.73 Å². The number of amides is 1. The van der Waals surface area contributed by atoms with Crippen molar-refractivity contribution in [3.8, 4) is 0 Å². The van der Waals surface area contributed by atoms with Gasteiger partial charge in [-0.05, 0) is 55.6 Å². The molecule has 0 spiro atoms. The average molecular weight is 327 g/mol. The fourth-order valence-electron chi connectivity index (χ4n) is 3.60. The number of likely N-dealkylation sites (tertiary alicyclic amines) is 1. The molecule has 3 nitrogen and oxygen atoms in total. The lowest BCUT2D eigenvalue weighted by Crippen LogP contribution is -2.33. The number of hydrogen-bond donors (Lipinski definition) is 1. The zero-order valence-electron chi connectivity index (χ0n) is 12.5. The van der Waals surface area contributed by atoms with Gasteiger partial charge in [0, 0.05) is 29.6 Å². The number of hydrogen-bond acceptors (Lipinski definition) is 3. The maximum Gasteiger partial charge on any atom is 0.254 e. The van der Waals surface area contributed by atoms with Gasteiger partial charge >= 0.3 is 0 Å². The molecule has 1 amide bonds. The number of benzene rings is 1. The van der Waals surface area contributed by atoms with Crippen LogP contribution in [-0.4, -0.2) is 36.2 Å². The minimum absolute atomic E-state index is 0. The van der Waals surface area contributed by atoms with E-state index in [2.05, 4.69) is 6.07 Å². The molecule has 21 heavy (non-hydrogen) atoms. The van der Waals surface area contributed by atoms with Crippen molar-refractivity contribution >= 4 is 30.1 Å². The summed E-state index contributed by atoms with van der Waals surface area (Å²) < 4.78 is 0. The highest BCUT2D eigenvalue weighted by Crippen LogP contribution is 2.37. The van der Waals surface area contributed by atoms with Gasteiger partial charge in [-0.3, -0.25) is 4.79 Å². The highest BCUT2D eigenvalue weighted by Gasteiger charge is 2.42. The summed E-state index contributed by atoms with van der Waals surface area (Å²) in [6, 6.07) is 6.43. The van der Waals surface area contributed by atoms with Crippen LogP contribution >= 0.6 is 24.2 Å². The number of nitrogens with zero attached hydrogens (tertiary/aromatic N) is 1. The van der Waals surface area contributed by atoms with Crippen LogP contribution in [0.15, 0.2) is 23.1 Å². The van der Waals surface area contributed by atoms with Gasteiger partial charge in [0.2, 0.25) is 0 Å². The number of fused-ring (bicyclic) bond motifs is 1. The van der Waals surface area contributed by atoms with E-state index in [9.17, 15) is 4.79 Å². The molecule has 3 atom stereocenters. The molecule has 1 heterocycles. The summed E-state index contributed by atoms with van der Waals surface area (Å²) in [5.41, 5.74) is 8.07. The maximum absolute atomic E-state index is 12.7. The lowest BCUT2D eigenvalue weighted by Gasteiger charge is -2.20. The summed E-state index contributed by atoms with van der Waals surface area (Å²) in [7, 11) is 0. The first-order chi connectivity index (χ1) is 9.60. The molecular formula is C16H23ClN2OS. The lowest BCUT2D eigenvalue weighted by molar-refractivity contribution is 0.0778. The van der Waals surface area contributed by atoms with E-state index < -0.39 is 0 Å². The number of halogens is 1. The van der Waals surface area contributed by atoms with E-state index in [4.69, 9.17) is 5.73 Å². The van der Waals surface area contributed by atoms with Crippen molar-refractivity contribution in [3.05, 3.63) is 29.3 Å². The first-order valence-corrected chi connectivity index (χ1v) is 8.52. The molecule has 116 valence electrons. The molecule has 2 N–H and O–H groups in total. The topological polar surface area (TPSA) is 46.3 Å². The zero-order chi connectivity index (χ0) is 14.3. The van der Waals surface area contributed by atoms with E-state index in [-0.39, 0.29) is 24.4 Å². The smallest absolute Gasteiger partial charge is 0.254 e. The first-order valence-electron chi connectivity index (χ1n) is 7.29. The molecule has 0 radical (unpaired) electrons. The molecule has 2 aliphatic rings. The van der Waals surface area contributed by atoms with Crippen molar-refractivity contribution in [2.75, 3.05) is 19.3 Å². The number of carbonyl (C=O) groups is 1. The van der Waals surface area contributed by atoms with Gasteiger partial charge in [0.25, 0.3) is 5.91 Å². The van der Waals surface area contributed by atoms with E-state index >= 15 is 0 Å². The number of aryl methyl sites for hydroxylation is 1. The van der Waals surface area contributed by atoms with Crippen molar-refractivity contribution in [2.24, 2.45) is 17.6 Å². The van der Waals surface area contributed by atoms with Gasteiger partial charge < -0.3 is 10.6 Å². The summed E-state index contributed by atoms with van der Waals surface area (Å²) in [6.07, 6.45) is 4.34.